The third-order valence-corrected chi connectivity index (χ3v) is 5.36. The molecular formula is C16H18N6O3S. The summed E-state index contributed by atoms with van der Waals surface area (Å²) < 4.78 is 30.1. The molecule has 0 fully saturated rings. The van der Waals surface area contributed by atoms with Crippen LogP contribution >= 0.6 is 0 Å². The number of nitrogens with one attached hydrogen (secondary N) is 1. The smallest absolute Gasteiger partial charge is 0.266 e. The van der Waals surface area contributed by atoms with E-state index in [9.17, 15) is 13.2 Å². The quantitative estimate of drug-likeness (QED) is 0.669. The summed E-state index contributed by atoms with van der Waals surface area (Å²) in [6.45, 7) is 3.69. The van der Waals surface area contributed by atoms with Gasteiger partial charge in [-0.3, -0.25) is 4.79 Å². The third-order valence-electron chi connectivity index (χ3n) is 3.75. The summed E-state index contributed by atoms with van der Waals surface area (Å²) in [7, 11) is -3.67. The number of rotatable bonds is 6. The van der Waals surface area contributed by atoms with Crippen LogP contribution in [0.25, 0.3) is 5.82 Å². The van der Waals surface area contributed by atoms with Crippen molar-refractivity contribution in [3.8, 4) is 5.82 Å². The molecule has 0 aliphatic rings. The van der Waals surface area contributed by atoms with E-state index in [-0.39, 0.29) is 23.5 Å². The molecule has 10 heteroatoms. The lowest BCUT2D eigenvalue weighted by atomic mass is 10.2. The molecule has 0 aliphatic heterocycles. The largest absolute Gasteiger partial charge is 0.268 e. The Morgan fingerprint density at radius 1 is 1.15 bits per heavy atom. The van der Waals surface area contributed by atoms with Gasteiger partial charge in [0.2, 0.25) is 10.0 Å². The van der Waals surface area contributed by atoms with Crippen LogP contribution in [0.4, 0.5) is 0 Å². The molecule has 2 aromatic heterocycles. The van der Waals surface area contributed by atoms with E-state index >= 15 is 0 Å². The van der Waals surface area contributed by atoms with Crippen LogP contribution in [-0.2, 0) is 16.6 Å². The Balaban J connectivity index is 1.74. The van der Waals surface area contributed by atoms with Gasteiger partial charge in [0.25, 0.3) is 5.56 Å². The SMILES string of the molecule is Cc1ccc(C)c(S(=O)(=O)NCCn2nc(-n3cncn3)ccc2=O)c1. The van der Waals surface area contributed by atoms with Crippen LogP contribution in [0.3, 0.4) is 0 Å². The Morgan fingerprint density at radius 2 is 1.96 bits per heavy atom. The number of benzene rings is 1. The van der Waals surface area contributed by atoms with Crippen LogP contribution in [0, 0.1) is 13.8 Å². The second kappa shape index (κ2) is 7.18. The summed E-state index contributed by atoms with van der Waals surface area (Å²) in [6.07, 6.45) is 2.82. The second-order valence-electron chi connectivity index (χ2n) is 5.76. The second-order valence-corrected chi connectivity index (χ2v) is 7.50. The maximum Gasteiger partial charge on any atom is 0.266 e. The Morgan fingerprint density at radius 3 is 2.69 bits per heavy atom. The van der Waals surface area contributed by atoms with Gasteiger partial charge in [-0.1, -0.05) is 12.1 Å². The summed E-state index contributed by atoms with van der Waals surface area (Å²) in [5.74, 6) is 0.416. The molecule has 0 amide bonds. The average molecular weight is 374 g/mol. The molecule has 136 valence electrons. The first-order valence-electron chi connectivity index (χ1n) is 7.87. The molecule has 0 radical (unpaired) electrons. The van der Waals surface area contributed by atoms with Crippen molar-refractivity contribution < 1.29 is 8.42 Å². The summed E-state index contributed by atoms with van der Waals surface area (Å²) in [5.41, 5.74) is 1.18. The molecule has 0 atom stereocenters. The Kier molecular flexibility index (Phi) is 4.96. The predicted octanol–water partition coefficient (Wildman–Crippen LogP) is 0.419. The van der Waals surface area contributed by atoms with E-state index in [2.05, 4.69) is 19.9 Å². The molecule has 3 rings (SSSR count). The fourth-order valence-corrected chi connectivity index (χ4v) is 3.76. The molecule has 0 bridgehead atoms. The molecule has 1 aromatic carbocycles. The lowest BCUT2D eigenvalue weighted by Gasteiger charge is -2.11. The van der Waals surface area contributed by atoms with Gasteiger partial charge in [0.1, 0.15) is 12.7 Å². The van der Waals surface area contributed by atoms with Gasteiger partial charge in [0, 0.05) is 12.6 Å². The van der Waals surface area contributed by atoms with Gasteiger partial charge in [0.15, 0.2) is 5.82 Å². The molecule has 0 unspecified atom stereocenters. The fraction of sp³-hybridized carbons (Fsp3) is 0.250. The molecule has 0 saturated carbocycles. The van der Waals surface area contributed by atoms with Crippen molar-refractivity contribution in [1.29, 1.82) is 0 Å². The van der Waals surface area contributed by atoms with Crippen LogP contribution in [-0.4, -0.2) is 39.5 Å². The number of sulfonamides is 1. The zero-order valence-corrected chi connectivity index (χ0v) is 15.1. The minimum Gasteiger partial charge on any atom is -0.268 e. The van der Waals surface area contributed by atoms with E-state index in [1.165, 1.54) is 34.2 Å². The molecule has 0 saturated heterocycles. The summed E-state index contributed by atoms with van der Waals surface area (Å²) >= 11 is 0. The Hall–Kier alpha value is -2.85. The molecule has 0 spiro atoms. The van der Waals surface area contributed by atoms with Crippen molar-refractivity contribution in [2.24, 2.45) is 0 Å². The molecule has 3 aromatic rings. The van der Waals surface area contributed by atoms with E-state index in [0.29, 0.717) is 11.4 Å². The van der Waals surface area contributed by atoms with Gasteiger partial charge in [0.05, 0.1) is 11.4 Å². The third kappa shape index (κ3) is 3.86. The van der Waals surface area contributed by atoms with Gasteiger partial charge >= 0.3 is 0 Å². The highest BCUT2D eigenvalue weighted by Gasteiger charge is 2.16. The van der Waals surface area contributed by atoms with Gasteiger partial charge in [-0.05, 0) is 37.1 Å². The van der Waals surface area contributed by atoms with Crippen LogP contribution in [0.2, 0.25) is 0 Å². The van der Waals surface area contributed by atoms with Crippen molar-refractivity contribution in [2.45, 2.75) is 25.3 Å². The van der Waals surface area contributed by atoms with E-state index in [0.717, 1.165) is 5.56 Å². The zero-order chi connectivity index (χ0) is 18.7. The maximum atomic E-state index is 12.5. The van der Waals surface area contributed by atoms with Gasteiger partial charge < -0.3 is 0 Å². The maximum absolute atomic E-state index is 12.5. The zero-order valence-electron chi connectivity index (χ0n) is 14.3. The number of aromatic nitrogens is 5. The predicted molar refractivity (Wildman–Crippen MR) is 94.5 cm³/mol. The molecule has 1 N–H and O–H groups in total. The molecule has 2 heterocycles. The van der Waals surface area contributed by atoms with Crippen molar-refractivity contribution in [3.05, 3.63) is 64.5 Å². The standard InChI is InChI=1S/C16H18N6O3S/c1-12-3-4-13(2)14(9-12)26(24,25)19-7-8-21-16(23)6-5-15(20-21)22-11-17-10-18-22/h3-6,9-11,19H,7-8H2,1-2H3. The Labute approximate surface area is 150 Å². The monoisotopic (exact) mass is 374 g/mol. The van der Waals surface area contributed by atoms with Crippen molar-refractivity contribution in [1.82, 2.24) is 29.3 Å². The lowest BCUT2D eigenvalue weighted by molar-refractivity contribution is 0.541. The number of hydrogen-bond donors (Lipinski definition) is 1. The first-order valence-corrected chi connectivity index (χ1v) is 9.35. The molecular weight excluding hydrogens is 356 g/mol. The van der Waals surface area contributed by atoms with Gasteiger partial charge in [-0.25, -0.2) is 27.5 Å². The topological polar surface area (TPSA) is 112 Å². The van der Waals surface area contributed by atoms with Crippen molar-refractivity contribution in [3.63, 3.8) is 0 Å². The minimum atomic E-state index is -3.67. The number of aryl methyl sites for hydroxylation is 2. The lowest BCUT2D eigenvalue weighted by Crippen LogP contribution is -2.32. The first kappa shape index (κ1) is 18.0. The van der Waals surface area contributed by atoms with E-state index in [1.807, 2.05) is 13.0 Å². The Bertz CT molecular complexity index is 1070. The average Bonchev–Trinajstić information content (AvgIpc) is 3.13. The highest BCUT2D eigenvalue weighted by atomic mass is 32.2. The van der Waals surface area contributed by atoms with Gasteiger partial charge in [-0.15, -0.1) is 5.10 Å². The van der Waals surface area contributed by atoms with E-state index in [4.69, 9.17) is 0 Å². The minimum absolute atomic E-state index is 0.0312. The van der Waals surface area contributed by atoms with Crippen LogP contribution < -0.4 is 10.3 Å². The van der Waals surface area contributed by atoms with Crippen molar-refractivity contribution in [2.75, 3.05) is 6.54 Å². The highest BCUT2D eigenvalue weighted by Crippen LogP contribution is 2.16. The molecule has 0 aliphatic carbocycles. The van der Waals surface area contributed by atoms with Crippen molar-refractivity contribution >= 4 is 10.0 Å². The summed E-state index contributed by atoms with van der Waals surface area (Å²) in [4.78, 5) is 16.0. The van der Waals surface area contributed by atoms with Crippen LogP contribution in [0.1, 0.15) is 11.1 Å². The number of nitrogens with zero attached hydrogens (tertiary/aromatic N) is 5. The molecule has 26 heavy (non-hydrogen) atoms. The fourth-order valence-electron chi connectivity index (χ4n) is 2.41. The van der Waals surface area contributed by atoms with Crippen LogP contribution in [0.5, 0.6) is 0 Å². The summed E-state index contributed by atoms with van der Waals surface area (Å²) in [6, 6.07) is 8.11. The van der Waals surface area contributed by atoms with Crippen LogP contribution in [0.15, 0.2) is 52.7 Å². The first-order chi connectivity index (χ1) is 12.4. The van der Waals surface area contributed by atoms with E-state index in [1.54, 1.807) is 19.1 Å². The highest BCUT2D eigenvalue weighted by molar-refractivity contribution is 7.89. The normalized spacial score (nSPS) is 11.6. The van der Waals surface area contributed by atoms with Gasteiger partial charge in [-0.2, -0.15) is 5.10 Å². The molecule has 9 nitrogen and oxygen atoms in total. The van der Waals surface area contributed by atoms with E-state index < -0.39 is 10.0 Å². The summed E-state index contributed by atoms with van der Waals surface area (Å²) in [5, 5.41) is 8.12. The number of hydrogen-bond acceptors (Lipinski definition) is 6.